The van der Waals surface area contributed by atoms with Crippen molar-refractivity contribution >= 4 is 17.9 Å². The third-order valence-corrected chi connectivity index (χ3v) is 6.18. The van der Waals surface area contributed by atoms with Crippen molar-refractivity contribution in [3.8, 4) is 0 Å². The molecule has 31 heavy (non-hydrogen) atoms. The van der Waals surface area contributed by atoms with Crippen LogP contribution >= 0.6 is 0 Å². The fraction of sp³-hybridized carbons (Fsp3) is 0.833. The number of alkyl halides is 6. The van der Waals surface area contributed by atoms with Crippen LogP contribution in [0.3, 0.4) is 0 Å². The zero-order chi connectivity index (χ0) is 23.0. The van der Waals surface area contributed by atoms with Gasteiger partial charge in [0.15, 0.2) is 0 Å². The number of imide groups is 1. The zero-order valence-corrected chi connectivity index (χ0v) is 16.4. The Bertz CT molecular complexity index is 697. The SMILES string of the molecule is O=C(NC(=O)[C@H]1CC12CCN(C(=O)OC(C(F)(F)F)C(F)(F)F)CC2)C1CCOCC1. The first-order chi connectivity index (χ1) is 14.3. The van der Waals surface area contributed by atoms with E-state index in [1.807, 2.05) is 0 Å². The summed E-state index contributed by atoms with van der Waals surface area (Å²) >= 11 is 0. The molecule has 0 aromatic heterocycles. The van der Waals surface area contributed by atoms with E-state index in [1.165, 1.54) is 0 Å². The molecule has 3 amide bonds. The third-order valence-electron chi connectivity index (χ3n) is 6.18. The summed E-state index contributed by atoms with van der Waals surface area (Å²) in [5.41, 5.74) is -0.510. The lowest BCUT2D eigenvalue weighted by atomic mass is 9.90. The summed E-state index contributed by atoms with van der Waals surface area (Å²) in [5.74, 6) is -1.60. The van der Waals surface area contributed by atoms with E-state index < -0.39 is 41.8 Å². The summed E-state index contributed by atoms with van der Waals surface area (Å²) in [7, 11) is 0. The molecule has 0 bridgehead atoms. The van der Waals surface area contributed by atoms with Gasteiger partial charge >= 0.3 is 18.4 Å². The maximum Gasteiger partial charge on any atom is 0.434 e. The summed E-state index contributed by atoms with van der Waals surface area (Å²) in [6, 6.07) is 0. The Balaban J connectivity index is 1.49. The monoisotopic (exact) mass is 460 g/mol. The number of amides is 3. The van der Waals surface area contributed by atoms with E-state index in [0.717, 1.165) is 4.90 Å². The van der Waals surface area contributed by atoms with Crippen molar-refractivity contribution < 1.29 is 50.2 Å². The minimum atomic E-state index is -5.78. The highest BCUT2D eigenvalue weighted by atomic mass is 19.4. The Kier molecular flexibility index (Phi) is 6.45. The van der Waals surface area contributed by atoms with E-state index >= 15 is 0 Å². The molecule has 13 heteroatoms. The smallest absolute Gasteiger partial charge is 0.426 e. The number of nitrogens with zero attached hydrogens (tertiary/aromatic N) is 1. The Morgan fingerprint density at radius 3 is 2.03 bits per heavy atom. The van der Waals surface area contributed by atoms with Crippen LogP contribution in [0.25, 0.3) is 0 Å². The molecule has 3 aliphatic rings. The molecule has 0 radical (unpaired) electrons. The highest BCUT2D eigenvalue weighted by Gasteiger charge is 2.62. The number of nitrogens with one attached hydrogen (secondary N) is 1. The predicted molar refractivity (Wildman–Crippen MR) is 90.4 cm³/mol. The summed E-state index contributed by atoms with van der Waals surface area (Å²) in [6.07, 6.45) is -15.5. The molecule has 2 heterocycles. The average molecular weight is 460 g/mol. The Morgan fingerprint density at radius 1 is 0.968 bits per heavy atom. The third kappa shape index (κ3) is 5.42. The van der Waals surface area contributed by atoms with Gasteiger partial charge in [0.05, 0.1) is 0 Å². The van der Waals surface area contributed by atoms with Gasteiger partial charge in [-0.25, -0.2) is 4.79 Å². The number of ether oxygens (including phenoxy) is 2. The summed E-state index contributed by atoms with van der Waals surface area (Å²) < 4.78 is 84.2. The van der Waals surface area contributed by atoms with E-state index in [0.29, 0.717) is 32.5 Å². The van der Waals surface area contributed by atoms with Crippen LogP contribution in [0, 0.1) is 17.3 Å². The van der Waals surface area contributed by atoms with Crippen LogP contribution in [0.5, 0.6) is 0 Å². The second-order valence-corrected chi connectivity index (χ2v) is 8.19. The van der Waals surface area contributed by atoms with Gasteiger partial charge in [-0.05, 0) is 37.5 Å². The largest absolute Gasteiger partial charge is 0.434 e. The van der Waals surface area contributed by atoms with Crippen LogP contribution in [0.15, 0.2) is 0 Å². The molecule has 3 fully saturated rings. The molecule has 176 valence electrons. The van der Waals surface area contributed by atoms with E-state index in [-0.39, 0.29) is 37.8 Å². The fourth-order valence-electron chi connectivity index (χ4n) is 4.17. The van der Waals surface area contributed by atoms with Crippen molar-refractivity contribution in [2.45, 2.75) is 50.6 Å². The molecule has 1 atom stereocenters. The lowest BCUT2D eigenvalue weighted by Crippen LogP contribution is -2.49. The number of rotatable bonds is 3. The average Bonchev–Trinajstić information content (AvgIpc) is 3.38. The molecule has 1 N–H and O–H groups in total. The second kappa shape index (κ2) is 8.47. The Hall–Kier alpha value is -2.05. The lowest BCUT2D eigenvalue weighted by molar-refractivity contribution is -0.308. The number of hydrogen-bond acceptors (Lipinski definition) is 5. The second-order valence-electron chi connectivity index (χ2n) is 8.19. The van der Waals surface area contributed by atoms with E-state index in [9.17, 15) is 40.7 Å². The van der Waals surface area contributed by atoms with Crippen molar-refractivity contribution in [1.29, 1.82) is 0 Å². The molecular weight excluding hydrogens is 438 g/mol. The molecule has 1 aliphatic carbocycles. The quantitative estimate of drug-likeness (QED) is 0.517. The van der Waals surface area contributed by atoms with Gasteiger partial charge in [-0.2, -0.15) is 26.3 Å². The van der Waals surface area contributed by atoms with Gasteiger partial charge < -0.3 is 14.4 Å². The van der Waals surface area contributed by atoms with Crippen molar-refractivity contribution in [2.24, 2.45) is 17.3 Å². The topological polar surface area (TPSA) is 84.9 Å². The minimum Gasteiger partial charge on any atom is -0.426 e. The van der Waals surface area contributed by atoms with Gasteiger partial charge in [0.25, 0.3) is 6.10 Å². The molecule has 0 aromatic rings. The number of halogens is 6. The van der Waals surface area contributed by atoms with Gasteiger partial charge in [0.1, 0.15) is 0 Å². The van der Waals surface area contributed by atoms with E-state index in [4.69, 9.17) is 4.74 Å². The zero-order valence-electron chi connectivity index (χ0n) is 16.4. The van der Waals surface area contributed by atoms with Gasteiger partial charge in [-0.1, -0.05) is 0 Å². The molecule has 1 saturated carbocycles. The first-order valence-corrected chi connectivity index (χ1v) is 9.85. The van der Waals surface area contributed by atoms with Gasteiger partial charge in [-0.3, -0.25) is 14.9 Å². The molecule has 2 aliphatic heterocycles. The van der Waals surface area contributed by atoms with Crippen LogP contribution < -0.4 is 5.32 Å². The van der Waals surface area contributed by atoms with Crippen molar-refractivity contribution in [2.75, 3.05) is 26.3 Å². The molecule has 7 nitrogen and oxygen atoms in total. The van der Waals surface area contributed by atoms with Gasteiger partial charge in [0.2, 0.25) is 11.8 Å². The van der Waals surface area contributed by atoms with Crippen molar-refractivity contribution in [3.05, 3.63) is 0 Å². The number of carbonyl (C=O) groups is 3. The molecular formula is C18H22F6N2O5. The summed E-state index contributed by atoms with van der Waals surface area (Å²) in [4.78, 5) is 37.2. The number of likely N-dealkylation sites (tertiary alicyclic amines) is 1. The van der Waals surface area contributed by atoms with E-state index in [2.05, 4.69) is 10.1 Å². The number of piperidine rings is 1. The van der Waals surface area contributed by atoms with Crippen molar-refractivity contribution in [1.82, 2.24) is 10.2 Å². The highest BCUT2D eigenvalue weighted by molar-refractivity contribution is 5.98. The van der Waals surface area contributed by atoms with Gasteiger partial charge in [0, 0.05) is 38.1 Å². The lowest BCUT2D eigenvalue weighted by Gasteiger charge is -2.33. The van der Waals surface area contributed by atoms with Crippen LogP contribution in [0.4, 0.5) is 31.1 Å². The van der Waals surface area contributed by atoms with Crippen LogP contribution in [0.1, 0.15) is 32.1 Å². The first kappa shape index (κ1) is 23.6. The highest BCUT2D eigenvalue weighted by Crippen LogP contribution is 2.59. The number of hydrogen-bond donors (Lipinski definition) is 1. The normalized spacial score (nSPS) is 24.2. The molecule has 2 saturated heterocycles. The fourth-order valence-corrected chi connectivity index (χ4v) is 4.17. The maximum atomic E-state index is 12.6. The van der Waals surface area contributed by atoms with E-state index in [1.54, 1.807) is 0 Å². The maximum absolute atomic E-state index is 12.6. The number of carbonyl (C=O) groups excluding carboxylic acids is 3. The molecule has 0 aromatic carbocycles. The first-order valence-electron chi connectivity index (χ1n) is 9.85. The standard InChI is InChI=1S/C18H22F6N2O5/c19-17(20,21)14(18(22,23)24)31-15(29)26-5-3-16(4-6-26)9-11(16)13(28)25-12(27)10-1-7-30-8-2-10/h10-11,14H,1-9H2,(H,25,27,28)/t11-/m1/s1. The summed E-state index contributed by atoms with van der Waals surface area (Å²) in [5, 5.41) is 2.39. The Morgan fingerprint density at radius 2 is 1.52 bits per heavy atom. The molecule has 0 unspecified atom stereocenters. The molecule has 3 rings (SSSR count). The van der Waals surface area contributed by atoms with Crippen molar-refractivity contribution in [3.63, 3.8) is 0 Å². The summed E-state index contributed by atoms with van der Waals surface area (Å²) in [6.45, 7) is 0.599. The predicted octanol–water partition coefficient (Wildman–Crippen LogP) is 2.79. The van der Waals surface area contributed by atoms with Crippen LogP contribution in [-0.4, -0.2) is 67.6 Å². The Labute approximate surface area is 173 Å². The van der Waals surface area contributed by atoms with Gasteiger partial charge in [-0.15, -0.1) is 0 Å². The van der Waals surface area contributed by atoms with Crippen LogP contribution in [-0.2, 0) is 19.1 Å². The van der Waals surface area contributed by atoms with Crippen LogP contribution in [0.2, 0.25) is 0 Å². The minimum absolute atomic E-state index is 0.140. The molecule has 1 spiro atoms.